The van der Waals surface area contributed by atoms with Crippen molar-refractivity contribution in [1.82, 2.24) is 4.90 Å². The zero-order valence-corrected chi connectivity index (χ0v) is 22.0. The maximum Gasteiger partial charge on any atom is 0.264 e. The number of aliphatic hydroxyl groups is 2. The maximum atomic E-state index is 13.7. The lowest BCUT2D eigenvalue weighted by Gasteiger charge is -2.36. The van der Waals surface area contributed by atoms with Gasteiger partial charge in [0.25, 0.3) is 5.91 Å². The molecule has 7 heteroatoms. The van der Waals surface area contributed by atoms with Gasteiger partial charge in [-0.05, 0) is 41.3 Å². The molecule has 0 unspecified atom stereocenters. The average molecular weight is 531 g/mol. The highest BCUT2D eigenvalue weighted by molar-refractivity contribution is 6.31. The Morgan fingerprint density at radius 3 is 2.55 bits per heavy atom. The van der Waals surface area contributed by atoms with E-state index in [4.69, 9.17) is 11.6 Å². The second kappa shape index (κ2) is 10.7. The highest BCUT2D eigenvalue weighted by atomic mass is 35.5. The number of hydrogen-bond donors (Lipinski definition) is 2. The second-order valence-corrected chi connectivity index (χ2v) is 10.5. The SMILES string of the molecule is C[C@@H](/C=C/CC(=O)N1Cc2ccccc2C[C@H]1CO)[C@]1(O)C(=O)N(Cc2ccccc2)c2ccc(Cl)cc21. The number of anilines is 1. The number of benzene rings is 3. The molecule has 2 aliphatic heterocycles. The Morgan fingerprint density at radius 2 is 1.82 bits per heavy atom. The Morgan fingerprint density at radius 1 is 1.11 bits per heavy atom. The van der Waals surface area contributed by atoms with Crippen molar-refractivity contribution in [2.45, 2.75) is 44.5 Å². The van der Waals surface area contributed by atoms with E-state index in [-0.39, 0.29) is 25.0 Å². The van der Waals surface area contributed by atoms with Crippen molar-refractivity contribution < 1.29 is 19.8 Å². The lowest BCUT2D eigenvalue weighted by atomic mass is 9.83. The normalized spacial score (nSPS) is 21.5. The van der Waals surface area contributed by atoms with E-state index >= 15 is 0 Å². The van der Waals surface area contributed by atoms with Gasteiger partial charge in [0.1, 0.15) is 0 Å². The maximum absolute atomic E-state index is 13.7. The summed E-state index contributed by atoms with van der Waals surface area (Å²) in [5, 5.41) is 22.2. The van der Waals surface area contributed by atoms with E-state index < -0.39 is 17.4 Å². The third kappa shape index (κ3) is 4.75. The summed E-state index contributed by atoms with van der Waals surface area (Å²) in [6, 6.07) is 22.4. The number of rotatable bonds is 7. The molecule has 0 fully saturated rings. The first-order chi connectivity index (χ1) is 18.3. The van der Waals surface area contributed by atoms with Crippen molar-refractivity contribution in [3.63, 3.8) is 0 Å². The van der Waals surface area contributed by atoms with E-state index in [9.17, 15) is 19.8 Å². The van der Waals surface area contributed by atoms with Crippen LogP contribution in [0.1, 0.15) is 35.6 Å². The van der Waals surface area contributed by atoms with E-state index in [1.165, 1.54) is 0 Å². The number of carbonyl (C=O) groups is 2. The fourth-order valence-electron chi connectivity index (χ4n) is 5.51. The van der Waals surface area contributed by atoms with Crippen LogP contribution in [-0.2, 0) is 34.7 Å². The number of carbonyl (C=O) groups excluding carboxylic acids is 2. The highest BCUT2D eigenvalue weighted by Gasteiger charge is 2.52. The van der Waals surface area contributed by atoms with Crippen LogP contribution in [-0.4, -0.2) is 39.6 Å². The topological polar surface area (TPSA) is 81.1 Å². The van der Waals surface area contributed by atoms with Crippen molar-refractivity contribution in [2.75, 3.05) is 11.5 Å². The largest absolute Gasteiger partial charge is 0.394 e. The van der Waals surface area contributed by atoms with Crippen molar-refractivity contribution >= 4 is 29.1 Å². The Hall–Kier alpha value is -3.45. The molecule has 196 valence electrons. The standard InChI is InChI=1S/C31H31ClN2O4/c1-21(8-7-13-29(36)33-19-24-12-6-5-11-23(24)16-26(33)20-35)31(38)27-17-25(32)14-15-28(27)34(30(31)37)18-22-9-3-2-4-10-22/h2-12,14-15,17,21,26,35,38H,13,16,18-20H2,1H3/b8-7+/t21-,26-,31+/m0/s1. The number of amides is 2. The van der Waals surface area contributed by atoms with Crippen molar-refractivity contribution in [2.24, 2.45) is 5.92 Å². The Bertz CT molecular complexity index is 1380. The van der Waals surface area contributed by atoms with Crippen LogP contribution in [0.15, 0.2) is 84.9 Å². The zero-order valence-electron chi connectivity index (χ0n) is 21.3. The van der Waals surface area contributed by atoms with Gasteiger partial charge in [-0.25, -0.2) is 0 Å². The minimum absolute atomic E-state index is 0.101. The summed E-state index contributed by atoms with van der Waals surface area (Å²) in [6.45, 7) is 2.43. The summed E-state index contributed by atoms with van der Waals surface area (Å²) < 4.78 is 0. The fraction of sp³-hybridized carbons (Fsp3) is 0.290. The van der Waals surface area contributed by atoms with E-state index in [1.54, 1.807) is 47.1 Å². The first-order valence-electron chi connectivity index (χ1n) is 12.8. The molecular weight excluding hydrogens is 500 g/mol. The predicted octanol–water partition coefficient (Wildman–Crippen LogP) is 4.60. The molecule has 3 atom stereocenters. The molecule has 2 amide bonds. The molecule has 0 saturated heterocycles. The Labute approximate surface area is 227 Å². The number of hydrogen-bond acceptors (Lipinski definition) is 4. The monoisotopic (exact) mass is 530 g/mol. The van der Waals surface area contributed by atoms with E-state index in [2.05, 4.69) is 0 Å². The molecule has 5 rings (SSSR count). The quantitative estimate of drug-likeness (QED) is 0.437. The summed E-state index contributed by atoms with van der Waals surface area (Å²) in [5.41, 5.74) is 2.45. The molecule has 0 aromatic heterocycles. The molecule has 0 radical (unpaired) electrons. The molecule has 3 aromatic rings. The van der Waals surface area contributed by atoms with Crippen LogP contribution in [0.2, 0.25) is 5.02 Å². The van der Waals surface area contributed by atoms with Crippen molar-refractivity contribution in [1.29, 1.82) is 0 Å². The number of nitrogens with zero attached hydrogens (tertiary/aromatic N) is 2. The summed E-state index contributed by atoms with van der Waals surface area (Å²) in [7, 11) is 0. The molecule has 0 spiro atoms. The molecule has 3 aromatic carbocycles. The number of aliphatic hydroxyl groups excluding tert-OH is 1. The molecule has 38 heavy (non-hydrogen) atoms. The summed E-state index contributed by atoms with van der Waals surface area (Å²) in [4.78, 5) is 30.1. The van der Waals surface area contributed by atoms with Crippen LogP contribution in [0.5, 0.6) is 0 Å². The molecule has 0 aliphatic carbocycles. The van der Waals surface area contributed by atoms with Crippen molar-refractivity contribution in [3.05, 3.63) is 112 Å². The molecular formula is C31H31ClN2O4. The van der Waals surface area contributed by atoms with E-state index in [0.717, 1.165) is 16.7 Å². The number of halogens is 1. The minimum atomic E-state index is -1.81. The highest BCUT2D eigenvalue weighted by Crippen LogP contribution is 2.46. The van der Waals surface area contributed by atoms with Crippen LogP contribution in [0.4, 0.5) is 5.69 Å². The third-order valence-corrected chi connectivity index (χ3v) is 7.91. The first-order valence-corrected chi connectivity index (χ1v) is 13.2. The van der Waals surface area contributed by atoms with Crippen LogP contribution in [0.3, 0.4) is 0 Å². The van der Waals surface area contributed by atoms with E-state index in [1.807, 2.05) is 54.6 Å². The first kappa shape index (κ1) is 26.2. The van der Waals surface area contributed by atoms with E-state index in [0.29, 0.717) is 35.8 Å². The average Bonchev–Trinajstić information content (AvgIpc) is 3.14. The molecule has 2 heterocycles. The van der Waals surface area contributed by atoms with Gasteiger partial charge in [-0.1, -0.05) is 85.3 Å². The Balaban J connectivity index is 1.34. The van der Waals surface area contributed by atoms with Crippen LogP contribution in [0, 0.1) is 5.92 Å². The van der Waals surface area contributed by atoms with Gasteiger partial charge in [0.15, 0.2) is 5.60 Å². The second-order valence-electron chi connectivity index (χ2n) is 10.1. The van der Waals surface area contributed by atoms with Crippen LogP contribution >= 0.6 is 11.6 Å². The summed E-state index contributed by atoms with van der Waals surface area (Å²) >= 11 is 6.28. The summed E-state index contributed by atoms with van der Waals surface area (Å²) in [6.07, 6.45) is 4.14. The van der Waals surface area contributed by atoms with Crippen LogP contribution in [0.25, 0.3) is 0 Å². The third-order valence-electron chi connectivity index (χ3n) is 7.68. The predicted molar refractivity (Wildman–Crippen MR) is 147 cm³/mol. The van der Waals surface area contributed by atoms with Gasteiger partial charge in [-0.2, -0.15) is 0 Å². The molecule has 0 bridgehead atoms. The zero-order chi connectivity index (χ0) is 26.9. The van der Waals surface area contributed by atoms with Crippen LogP contribution < -0.4 is 4.90 Å². The fourth-order valence-corrected chi connectivity index (χ4v) is 5.69. The van der Waals surface area contributed by atoms with Gasteiger partial charge in [-0.3, -0.25) is 9.59 Å². The molecule has 2 aliphatic rings. The van der Waals surface area contributed by atoms with Gasteiger partial charge in [-0.15, -0.1) is 0 Å². The van der Waals surface area contributed by atoms with Gasteiger partial charge in [0, 0.05) is 29.5 Å². The lowest BCUT2D eigenvalue weighted by molar-refractivity contribution is -0.139. The van der Waals surface area contributed by atoms with Gasteiger partial charge >= 0.3 is 0 Å². The van der Waals surface area contributed by atoms with Crippen molar-refractivity contribution in [3.8, 4) is 0 Å². The van der Waals surface area contributed by atoms with Gasteiger partial charge in [0.05, 0.1) is 24.9 Å². The Kier molecular flexibility index (Phi) is 7.39. The van der Waals surface area contributed by atoms with Gasteiger partial charge in [0.2, 0.25) is 5.91 Å². The molecule has 2 N–H and O–H groups in total. The molecule has 6 nitrogen and oxygen atoms in total. The summed E-state index contributed by atoms with van der Waals surface area (Å²) in [5.74, 6) is -1.15. The van der Waals surface area contributed by atoms with Gasteiger partial charge < -0.3 is 20.0 Å². The minimum Gasteiger partial charge on any atom is -0.394 e. The smallest absolute Gasteiger partial charge is 0.264 e. The number of fused-ring (bicyclic) bond motifs is 2. The molecule has 0 saturated carbocycles. The lowest BCUT2D eigenvalue weighted by Crippen LogP contribution is -2.46.